The molecule has 15 heavy (non-hydrogen) atoms. The van der Waals surface area contributed by atoms with Crippen LogP contribution in [0.25, 0.3) is 0 Å². The highest BCUT2D eigenvalue weighted by Crippen LogP contribution is 2.12. The Labute approximate surface area is 94.2 Å². The van der Waals surface area contributed by atoms with Gasteiger partial charge in [-0.1, -0.05) is 0 Å². The van der Waals surface area contributed by atoms with Gasteiger partial charge < -0.3 is 15.0 Å². The zero-order valence-electron chi connectivity index (χ0n) is 10.7. The first-order chi connectivity index (χ1) is 6.97. The van der Waals surface area contributed by atoms with Crippen LogP contribution in [0.1, 0.15) is 33.6 Å². The van der Waals surface area contributed by atoms with Crippen LogP contribution in [0.3, 0.4) is 0 Å². The highest BCUT2D eigenvalue weighted by molar-refractivity contribution is 4.72. The van der Waals surface area contributed by atoms with E-state index in [0.29, 0.717) is 6.10 Å². The van der Waals surface area contributed by atoms with Crippen molar-refractivity contribution in [1.29, 1.82) is 0 Å². The van der Waals surface area contributed by atoms with Gasteiger partial charge in [0.05, 0.1) is 6.10 Å². The van der Waals surface area contributed by atoms with Gasteiger partial charge in [0.25, 0.3) is 0 Å². The standard InChI is InChI=1S/C12H26N2O/c1-12(2,3)13-7-8-14(4)10-11-6-5-9-15-11/h11,13H,5-10H2,1-4H3/t11-/m1/s1. The molecule has 0 amide bonds. The molecule has 0 bridgehead atoms. The van der Waals surface area contributed by atoms with Crippen molar-refractivity contribution in [3.05, 3.63) is 0 Å². The maximum Gasteiger partial charge on any atom is 0.0702 e. The Hall–Kier alpha value is -0.120. The van der Waals surface area contributed by atoms with Gasteiger partial charge in [-0.25, -0.2) is 0 Å². The molecule has 0 spiro atoms. The van der Waals surface area contributed by atoms with Gasteiger partial charge in [0, 0.05) is 31.8 Å². The molecule has 3 nitrogen and oxygen atoms in total. The van der Waals surface area contributed by atoms with Crippen LogP contribution in [0.2, 0.25) is 0 Å². The Morgan fingerprint density at radius 3 is 2.67 bits per heavy atom. The van der Waals surface area contributed by atoms with Crippen LogP contribution in [-0.2, 0) is 4.74 Å². The van der Waals surface area contributed by atoms with Crippen LogP contribution in [-0.4, -0.2) is 49.8 Å². The van der Waals surface area contributed by atoms with Crippen molar-refractivity contribution in [3.63, 3.8) is 0 Å². The van der Waals surface area contributed by atoms with Crippen LogP contribution in [0, 0.1) is 0 Å². The highest BCUT2D eigenvalue weighted by Gasteiger charge is 2.17. The minimum absolute atomic E-state index is 0.227. The summed E-state index contributed by atoms with van der Waals surface area (Å²) < 4.78 is 5.61. The van der Waals surface area contributed by atoms with Crippen molar-refractivity contribution >= 4 is 0 Å². The molecule has 1 aliphatic rings. The fourth-order valence-electron chi connectivity index (χ4n) is 1.85. The molecule has 0 saturated carbocycles. The molecule has 3 heteroatoms. The van der Waals surface area contributed by atoms with E-state index in [-0.39, 0.29) is 5.54 Å². The molecule has 1 fully saturated rings. The van der Waals surface area contributed by atoms with E-state index in [4.69, 9.17) is 4.74 Å². The van der Waals surface area contributed by atoms with Gasteiger partial charge in [-0.2, -0.15) is 0 Å². The fraction of sp³-hybridized carbons (Fsp3) is 1.00. The second-order valence-electron chi connectivity index (χ2n) is 5.57. The van der Waals surface area contributed by atoms with Gasteiger partial charge in [-0.3, -0.25) is 0 Å². The van der Waals surface area contributed by atoms with Gasteiger partial charge >= 0.3 is 0 Å². The Kier molecular flexibility index (Phi) is 5.03. The second kappa shape index (κ2) is 5.83. The summed E-state index contributed by atoms with van der Waals surface area (Å²) in [6.07, 6.45) is 2.94. The van der Waals surface area contributed by atoms with E-state index in [0.717, 1.165) is 26.2 Å². The second-order valence-corrected chi connectivity index (χ2v) is 5.57. The van der Waals surface area contributed by atoms with Crippen molar-refractivity contribution in [2.24, 2.45) is 0 Å². The van der Waals surface area contributed by atoms with Gasteiger partial charge in [0.15, 0.2) is 0 Å². The third-order valence-corrected chi connectivity index (χ3v) is 2.69. The molecule has 0 unspecified atom stereocenters. The van der Waals surface area contributed by atoms with Crippen molar-refractivity contribution in [2.75, 3.05) is 33.3 Å². The first kappa shape index (κ1) is 12.9. The summed E-state index contributed by atoms with van der Waals surface area (Å²) in [4.78, 5) is 2.36. The summed E-state index contributed by atoms with van der Waals surface area (Å²) in [5.41, 5.74) is 0.227. The minimum Gasteiger partial charge on any atom is -0.377 e. The van der Waals surface area contributed by atoms with E-state index in [1.807, 2.05) is 0 Å². The number of hydrogen-bond donors (Lipinski definition) is 1. The van der Waals surface area contributed by atoms with Crippen molar-refractivity contribution in [1.82, 2.24) is 10.2 Å². The maximum absolute atomic E-state index is 5.61. The quantitative estimate of drug-likeness (QED) is 0.750. The Bertz CT molecular complexity index is 171. The zero-order valence-corrected chi connectivity index (χ0v) is 10.7. The van der Waals surface area contributed by atoms with E-state index in [9.17, 15) is 0 Å². The van der Waals surface area contributed by atoms with E-state index in [2.05, 4.69) is 38.0 Å². The molecule has 1 aliphatic heterocycles. The Morgan fingerprint density at radius 1 is 1.40 bits per heavy atom. The molecule has 1 atom stereocenters. The lowest BCUT2D eigenvalue weighted by Gasteiger charge is -2.24. The molecule has 0 aromatic rings. The van der Waals surface area contributed by atoms with Crippen molar-refractivity contribution in [3.8, 4) is 0 Å². The van der Waals surface area contributed by atoms with Crippen LogP contribution < -0.4 is 5.32 Å². The lowest BCUT2D eigenvalue weighted by molar-refractivity contribution is 0.0810. The molecule has 90 valence electrons. The minimum atomic E-state index is 0.227. The number of nitrogens with zero attached hydrogens (tertiary/aromatic N) is 1. The summed E-state index contributed by atoms with van der Waals surface area (Å²) in [5, 5.41) is 3.50. The zero-order chi connectivity index (χ0) is 11.3. The maximum atomic E-state index is 5.61. The SMILES string of the molecule is CN(CCNC(C)(C)C)C[C@H]1CCCO1. The number of hydrogen-bond acceptors (Lipinski definition) is 3. The van der Waals surface area contributed by atoms with E-state index in [1.54, 1.807) is 0 Å². The molecular formula is C12H26N2O. The average molecular weight is 214 g/mol. The van der Waals surface area contributed by atoms with Gasteiger partial charge in [0.2, 0.25) is 0 Å². The van der Waals surface area contributed by atoms with Crippen LogP contribution in [0.4, 0.5) is 0 Å². The highest BCUT2D eigenvalue weighted by atomic mass is 16.5. The van der Waals surface area contributed by atoms with E-state index in [1.165, 1.54) is 12.8 Å². The summed E-state index contributed by atoms with van der Waals surface area (Å²) in [5.74, 6) is 0. The number of ether oxygens (including phenoxy) is 1. The molecule has 1 rings (SSSR count). The first-order valence-electron chi connectivity index (χ1n) is 6.02. The normalized spacial score (nSPS) is 22.6. The number of likely N-dealkylation sites (N-methyl/N-ethyl adjacent to an activating group) is 1. The van der Waals surface area contributed by atoms with Gasteiger partial charge in [-0.05, 0) is 40.7 Å². The molecule has 1 heterocycles. The molecule has 1 N–H and O–H groups in total. The average Bonchev–Trinajstić information content (AvgIpc) is 2.54. The predicted molar refractivity (Wildman–Crippen MR) is 64.2 cm³/mol. The lowest BCUT2D eigenvalue weighted by atomic mass is 10.1. The van der Waals surface area contributed by atoms with E-state index >= 15 is 0 Å². The molecule has 0 aromatic carbocycles. The molecule has 1 saturated heterocycles. The van der Waals surface area contributed by atoms with Crippen molar-refractivity contribution in [2.45, 2.75) is 45.3 Å². The fourth-order valence-corrected chi connectivity index (χ4v) is 1.85. The number of nitrogens with one attached hydrogen (secondary N) is 1. The van der Waals surface area contributed by atoms with Crippen LogP contribution in [0.5, 0.6) is 0 Å². The summed E-state index contributed by atoms with van der Waals surface area (Å²) in [7, 11) is 2.17. The molecule has 0 radical (unpaired) electrons. The van der Waals surface area contributed by atoms with Gasteiger partial charge in [0.1, 0.15) is 0 Å². The summed E-state index contributed by atoms with van der Waals surface area (Å²) in [6, 6.07) is 0. The third kappa shape index (κ3) is 6.13. The smallest absolute Gasteiger partial charge is 0.0702 e. The van der Waals surface area contributed by atoms with Crippen LogP contribution >= 0.6 is 0 Å². The predicted octanol–water partition coefficient (Wildman–Crippen LogP) is 1.49. The van der Waals surface area contributed by atoms with Crippen molar-refractivity contribution < 1.29 is 4.74 Å². The third-order valence-electron chi connectivity index (χ3n) is 2.69. The molecule has 0 aromatic heterocycles. The first-order valence-corrected chi connectivity index (χ1v) is 6.02. The summed E-state index contributed by atoms with van der Waals surface area (Å²) in [6.45, 7) is 10.8. The largest absolute Gasteiger partial charge is 0.377 e. The Balaban J connectivity index is 2.05. The van der Waals surface area contributed by atoms with Crippen LogP contribution in [0.15, 0.2) is 0 Å². The lowest BCUT2D eigenvalue weighted by Crippen LogP contribution is -2.41. The van der Waals surface area contributed by atoms with Gasteiger partial charge in [-0.15, -0.1) is 0 Å². The topological polar surface area (TPSA) is 24.5 Å². The molecular weight excluding hydrogens is 188 g/mol. The number of rotatable bonds is 5. The van der Waals surface area contributed by atoms with E-state index < -0.39 is 0 Å². The Morgan fingerprint density at radius 2 is 2.13 bits per heavy atom. The summed E-state index contributed by atoms with van der Waals surface area (Å²) >= 11 is 0. The monoisotopic (exact) mass is 214 g/mol. The molecule has 0 aliphatic carbocycles.